The fraction of sp³-hybridized carbons (Fsp3) is 1.00. The highest BCUT2D eigenvalue weighted by Gasteiger charge is 2.27. The van der Waals surface area contributed by atoms with Crippen molar-refractivity contribution in [2.45, 2.75) is 53.5 Å². The molecule has 0 aliphatic carbocycles. The second kappa shape index (κ2) is 8.12. The van der Waals surface area contributed by atoms with Gasteiger partial charge in [0.25, 0.3) is 0 Å². The van der Waals surface area contributed by atoms with Gasteiger partial charge in [0.15, 0.2) is 0 Å². The molecule has 1 aliphatic rings. The number of likely N-dealkylation sites (N-methyl/N-ethyl adjacent to an activating group) is 1. The summed E-state index contributed by atoms with van der Waals surface area (Å²) in [6, 6.07) is 0.431. The smallest absolute Gasteiger partial charge is 0.0586 e. The van der Waals surface area contributed by atoms with Crippen molar-refractivity contribution in [3.8, 4) is 0 Å². The molecule has 92 valence electrons. The molecule has 1 fully saturated rings. The lowest BCUT2D eigenvalue weighted by Gasteiger charge is -2.39. The van der Waals surface area contributed by atoms with E-state index in [2.05, 4.69) is 25.7 Å². The van der Waals surface area contributed by atoms with Crippen LogP contribution in [0, 0.1) is 11.8 Å². The van der Waals surface area contributed by atoms with Crippen molar-refractivity contribution >= 4 is 0 Å². The van der Waals surface area contributed by atoms with Gasteiger partial charge in [0, 0.05) is 12.6 Å². The first-order valence-corrected chi connectivity index (χ1v) is 6.54. The molecule has 0 aromatic rings. The molecule has 2 nitrogen and oxygen atoms in total. The Labute approximate surface area is 95.7 Å². The second-order valence-electron chi connectivity index (χ2n) is 4.51. The molecule has 1 N–H and O–H groups in total. The van der Waals surface area contributed by atoms with Gasteiger partial charge < -0.3 is 5.11 Å². The Hall–Kier alpha value is -0.0800. The monoisotopic (exact) mass is 215 g/mol. The van der Waals surface area contributed by atoms with Gasteiger partial charge in [-0.1, -0.05) is 34.6 Å². The van der Waals surface area contributed by atoms with E-state index in [1.54, 1.807) is 0 Å². The number of aliphatic hydroxyl groups excluding tert-OH is 1. The first kappa shape index (κ1) is 14.9. The molecule has 0 radical (unpaired) electrons. The zero-order valence-electron chi connectivity index (χ0n) is 11.2. The summed E-state index contributed by atoms with van der Waals surface area (Å²) in [6.45, 7) is 13.4. The minimum absolute atomic E-state index is 0.332. The van der Waals surface area contributed by atoms with Gasteiger partial charge in [0.2, 0.25) is 0 Å². The number of piperidine rings is 1. The van der Waals surface area contributed by atoms with Crippen LogP contribution < -0.4 is 0 Å². The van der Waals surface area contributed by atoms with E-state index in [-0.39, 0.29) is 0 Å². The number of hydrogen-bond donors (Lipinski definition) is 1. The third-order valence-corrected chi connectivity index (χ3v) is 3.42. The predicted molar refractivity (Wildman–Crippen MR) is 67.0 cm³/mol. The Kier molecular flexibility index (Phi) is 8.07. The van der Waals surface area contributed by atoms with Crippen LogP contribution in [-0.4, -0.2) is 35.7 Å². The molecule has 0 aromatic heterocycles. The molecule has 2 unspecified atom stereocenters. The average molecular weight is 215 g/mol. The standard InChI is InChI=1S/C11H23NO.C2H6/c1-4-12-7-10(9(2)3)5-6-11(12)8-13;1-2/h9-11,13H,4-8H2,1-3H3;1-2H3. The first-order chi connectivity index (χ1) is 7.19. The summed E-state index contributed by atoms with van der Waals surface area (Å²) in [4.78, 5) is 2.42. The van der Waals surface area contributed by atoms with Gasteiger partial charge >= 0.3 is 0 Å². The van der Waals surface area contributed by atoms with Crippen molar-refractivity contribution in [2.75, 3.05) is 19.7 Å². The summed E-state index contributed by atoms with van der Waals surface area (Å²) in [5, 5.41) is 9.18. The van der Waals surface area contributed by atoms with Crippen LogP contribution in [0.5, 0.6) is 0 Å². The number of likely N-dealkylation sites (tertiary alicyclic amines) is 1. The SMILES string of the molecule is CC.CCN1CC(C(C)C)CCC1CO. The van der Waals surface area contributed by atoms with Gasteiger partial charge in [-0.25, -0.2) is 0 Å². The molecular formula is C13H29NO. The molecule has 2 atom stereocenters. The normalized spacial score (nSPS) is 27.4. The molecule has 0 bridgehead atoms. The highest BCUT2D eigenvalue weighted by molar-refractivity contribution is 4.81. The maximum absolute atomic E-state index is 9.18. The summed E-state index contributed by atoms with van der Waals surface area (Å²) in [6.07, 6.45) is 2.46. The van der Waals surface area contributed by atoms with Gasteiger partial charge in [0.05, 0.1) is 6.61 Å². The highest BCUT2D eigenvalue weighted by Crippen LogP contribution is 2.26. The fourth-order valence-electron chi connectivity index (χ4n) is 2.27. The Morgan fingerprint density at radius 3 is 2.27 bits per heavy atom. The van der Waals surface area contributed by atoms with Crippen molar-refractivity contribution in [2.24, 2.45) is 11.8 Å². The molecule has 2 heteroatoms. The quantitative estimate of drug-likeness (QED) is 0.782. The molecule has 1 aliphatic heterocycles. The van der Waals surface area contributed by atoms with Gasteiger partial charge in [-0.15, -0.1) is 0 Å². The lowest BCUT2D eigenvalue weighted by atomic mass is 9.85. The Morgan fingerprint density at radius 1 is 1.27 bits per heavy atom. The topological polar surface area (TPSA) is 23.5 Å². The summed E-state index contributed by atoms with van der Waals surface area (Å²) >= 11 is 0. The molecule has 1 rings (SSSR count). The lowest BCUT2D eigenvalue weighted by molar-refractivity contribution is 0.0546. The van der Waals surface area contributed by atoms with E-state index in [0.717, 1.165) is 18.4 Å². The van der Waals surface area contributed by atoms with E-state index in [4.69, 9.17) is 0 Å². The van der Waals surface area contributed by atoms with E-state index in [0.29, 0.717) is 12.6 Å². The van der Waals surface area contributed by atoms with Crippen LogP contribution in [0.1, 0.15) is 47.5 Å². The van der Waals surface area contributed by atoms with Crippen LogP contribution in [-0.2, 0) is 0 Å². The minimum atomic E-state index is 0.332. The first-order valence-electron chi connectivity index (χ1n) is 6.54. The van der Waals surface area contributed by atoms with E-state index >= 15 is 0 Å². The van der Waals surface area contributed by atoms with Gasteiger partial charge in [0.1, 0.15) is 0 Å². The van der Waals surface area contributed by atoms with Crippen molar-refractivity contribution < 1.29 is 5.11 Å². The third kappa shape index (κ3) is 4.52. The lowest BCUT2D eigenvalue weighted by Crippen LogP contribution is -2.46. The van der Waals surface area contributed by atoms with Crippen LogP contribution in [0.15, 0.2) is 0 Å². The van der Waals surface area contributed by atoms with Gasteiger partial charge in [-0.3, -0.25) is 4.90 Å². The molecule has 0 amide bonds. The second-order valence-corrected chi connectivity index (χ2v) is 4.51. The fourth-order valence-corrected chi connectivity index (χ4v) is 2.27. The van der Waals surface area contributed by atoms with Crippen molar-refractivity contribution in [3.63, 3.8) is 0 Å². The summed E-state index contributed by atoms with van der Waals surface area (Å²) in [7, 11) is 0. The Bertz CT molecular complexity index is 147. The maximum atomic E-state index is 9.18. The largest absolute Gasteiger partial charge is 0.395 e. The van der Waals surface area contributed by atoms with Crippen LogP contribution in [0.4, 0.5) is 0 Å². The number of hydrogen-bond acceptors (Lipinski definition) is 2. The van der Waals surface area contributed by atoms with E-state index < -0.39 is 0 Å². The summed E-state index contributed by atoms with van der Waals surface area (Å²) in [5.74, 6) is 1.62. The zero-order chi connectivity index (χ0) is 11.8. The van der Waals surface area contributed by atoms with Crippen LogP contribution in [0.2, 0.25) is 0 Å². The minimum Gasteiger partial charge on any atom is -0.395 e. The van der Waals surface area contributed by atoms with E-state index in [1.807, 2.05) is 13.8 Å². The summed E-state index contributed by atoms with van der Waals surface area (Å²) < 4.78 is 0. The van der Waals surface area contributed by atoms with Crippen LogP contribution in [0.25, 0.3) is 0 Å². The number of nitrogens with zero attached hydrogens (tertiary/aromatic N) is 1. The third-order valence-electron chi connectivity index (χ3n) is 3.42. The Balaban J connectivity index is 0.000000921. The highest BCUT2D eigenvalue weighted by atomic mass is 16.3. The molecule has 15 heavy (non-hydrogen) atoms. The van der Waals surface area contributed by atoms with Crippen molar-refractivity contribution in [1.29, 1.82) is 0 Å². The van der Waals surface area contributed by atoms with Crippen molar-refractivity contribution in [1.82, 2.24) is 4.90 Å². The molecule has 1 saturated heterocycles. The zero-order valence-corrected chi connectivity index (χ0v) is 11.2. The van der Waals surface area contributed by atoms with E-state index in [9.17, 15) is 5.11 Å². The molecule has 0 aromatic carbocycles. The predicted octanol–water partition coefficient (Wildman–Crippen LogP) is 2.76. The van der Waals surface area contributed by atoms with Gasteiger partial charge in [-0.2, -0.15) is 0 Å². The molecule has 1 heterocycles. The molecule has 0 spiro atoms. The summed E-state index contributed by atoms with van der Waals surface area (Å²) in [5.41, 5.74) is 0. The van der Waals surface area contributed by atoms with E-state index in [1.165, 1.54) is 19.4 Å². The van der Waals surface area contributed by atoms with Crippen LogP contribution >= 0.6 is 0 Å². The molecule has 0 saturated carbocycles. The van der Waals surface area contributed by atoms with Gasteiger partial charge in [-0.05, 0) is 31.2 Å². The molecular weight excluding hydrogens is 186 g/mol. The van der Waals surface area contributed by atoms with Crippen LogP contribution in [0.3, 0.4) is 0 Å². The van der Waals surface area contributed by atoms with Crippen molar-refractivity contribution in [3.05, 3.63) is 0 Å². The number of aliphatic hydroxyl groups is 1. The Morgan fingerprint density at radius 2 is 1.87 bits per heavy atom. The average Bonchev–Trinajstić information content (AvgIpc) is 2.30. The number of rotatable bonds is 3. The maximum Gasteiger partial charge on any atom is 0.0586 e.